The molecule has 108 valence electrons. The van der Waals surface area contributed by atoms with Crippen molar-refractivity contribution in [3.05, 3.63) is 36.7 Å². The molecular formula is C16H17N3O2. The molecule has 2 amide bonds. The van der Waals surface area contributed by atoms with Gasteiger partial charge in [-0.1, -0.05) is 19.1 Å². The lowest BCUT2D eigenvalue weighted by Gasteiger charge is -2.16. The quantitative estimate of drug-likeness (QED) is 0.874. The number of hydrogen-bond acceptors (Lipinski definition) is 4. The Morgan fingerprint density at radius 3 is 3.00 bits per heavy atom. The van der Waals surface area contributed by atoms with E-state index in [0.29, 0.717) is 6.54 Å². The molecular weight excluding hydrogens is 266 g/mol. The lowest BCUT2D eigenvalue weighted by atomic mass is 10.1. The van der Waals surface area contributed by atoms with Gasteiger partial charge in [-0.2, -0.15) is 0 Å². The molecule has 1 N–H and O–H groups in total. The number of imide groups is 1. The van der Waals surface area contributed by atoms with Crippen LogP contribution < -0.4 is 5.32 Å². The molecule has 1 saturated heterocycles. The third kappa shape index (κ3) is 2.46. The highest BCUT2D eigenvalue weighted by Crippen LogP contribution is 2.25. The van der Waals surface area contributed by atoms with Crippen LogP contribution in [0.5, 0.6) is 0 Å². The van der Waals surface area contributed by atoms with Gasteiger partial charge in [0.25, 0.3) is 5.91 Å². The van der Waals surface area contributed by atoms with Gasteiger partial charge in [0.2, 0.25) is 5.91 Å². The van der Waals surface area contributed by atoms with Gasteiger partial charge >= 0.3 is 0 Å². The van der Waals surface area contributed by atoms with Crippen molar-refractivity contribution in [1.82, 2.24) is 9.88 Å². The molecule has 1 fully saturated rings. The lowest BCUT2D eigenvalue weighted by molar-refractivity contribution is -0.138. The second kappa shape index (κ2) is 5.52. The van der Waals surface area contributed by atoms with E-state index in [1.807, 2.05) is 31.2 Å². The van der Waals surface area contributed by atoms with Crippen LogP contribution in [0.4, 0.5) is 5.69 Å². The van der Waals surface area contributed by atoms with Crippen molar-refractivity contribution in [1.29, 1.82) is 0 Å². The Morgan fingerprint density at radius 1 is 1.33 bits per heavy atom. The van der Waals surface area contributed by atoms with E-state index >= 15 is 0 Å². The van der Waals surface area contributed by atoms with E-state index < -0.39 is 6.04 Å². The Bertz CT molecular complexity index is 693. The van der Waals surface area contributed by atoms with E-state index in [2.05, 4.69) is 10.3 Å². The van der Waals surface area contributed by atoms with Gasteiger partial charge in [0.15, 0.2) is 0 Å². The fourth-order valence-corrected chi connectivity index (χ4v) is 2.69. The van der Waals surface area contributed by atoms with Crippen molar-refractivity contribution >= 4 is 28.3 Å². The molecule has 2 aromatic rings. The smallest absolute Gasteiger partial charge is 0.252 e. The Balaban J connectivity index is 1.86. The minimum atomic E-state index is -0.470. The predicted octanol–water partition coefficient (Wildman–Crippen LogP) is 2.18. The maximum Gasteiger partial charge on any atom is 0.252 e. The van der Waals surface area contributed by atoms with Crippen LogP contribution in [0.3, 0.4) is 0 Å². The van der Waals surface area contributed by atoms with Crippen LogP contribution in [0, 0.1) is 0 Å². The number of carbonyl (C=O) groups is 2. The summed E-state index contributed by atoms with van der Waals surface area (Å²) in [6, 6.07) is 7.24. The zero-order chi connectivity index (χ0) is 14.8. The van der Waals surface area contributed by atoms with Crippen LogP contribution in [0.2, 0.25) is 0 Å². The maximum atomic E-state index is 12.3. The summed E-state index contributed by atoms with van der Waals surface area (Å²) in [4.78, 5) is 29.6. The van der Waals surface area contributed by atoms with Crippen molar-refractivity contribution in [2.75, 3.05) is 11.9 Å². The van der Waals surface area contributed by atoms with E-state index in [0.717, 1.165) is 22.9 Å². The molecule has 2 heterocycles. The average Bonchev–Trinajstić information content (AvgIpc) is 2.76. The Kier molecular flexibility index (Phi) is 3.56. The van der Waals surface area contributed by atoms with Crippen LogP contribution >= 0.6 is 0 Å². The summed E-state index contributed by atoms with van der Waals surface area (Å²) < 4.78 is 0. The largest absolute Gasteiger partial charge is 0.373 e. The van der Waals surface area contributed by atoms with Crippen LogP contribution in [-0.4, -0.2) is 34.3 Å². The van der Waals surface area contributed by atoms with E-state index in [9.17, 15) is 9.59 Å². The van der Waals surface area contributed by atoms with E-state index in [4.69, 9.17) is 0 Å². The first-order valence-corrected chi connectivity index (χ1v) is 7.14. The normalized spacial score (nSPS) is 18.5. The molecule has 1 unspecified atom stereocenters. The van der Waals surface area contributed by atoms with Crippen molar-refractivity contribution in [2.45, 2.75) is 25.8 Å². The Morgan fingerprint density at radius 2 is 2.19 bits per heavy atom. The topological polar surface area (TPSA) is 62.3 Å². The zero-order valence-electron chi connectivity index (χ0n) is 11.9. The number of anilines is 1. The van der Waals surface area contributed by atoms with Gasteiger partial charge in [-0.3, -0.25) is 19.5 Å². The van der Waals surface area contributed by atoms with Crippen molar-refractivity contribution in [3.8, 4) is 0 Å². The predicted molar refractivity (Wildman–Crippen MR) is 80.8 cm³/mol. The highest BCUT2D eigenvalue weighted by Gasteiger charge is 2.37. The van der Waals surface area contributed by atoms with Gasteiger partial charge in [-0.25, -0.2) is 0 Å². The first kappa shape index (κ1) is 13.5. The van der Waals surface area contributed by atoms with E-state index in [1.165, 1.54) is 4.90 Å². The number of rotatable bonds is 4. The van der Waals surface area contributed by atoms with Crippen LogP contribution in [-0.2, 0) is 9.59 Å². The Labute approximate surface area is 123 Å². The molecule has 1 aromatic heterocycles. The molecule has 0 saturated carbocycles. The molecule has 21 heavy (non-hydrogen) atoms. The summed E-state index contributed by atoms with van der Waals surface area (Å²) >= 11 is 0. The highest BCUT2D eigenvalue weighted by molar-refractivity contribution is 6.07. The number of amides is 2. The third-order valence-electron chi connectivity index (χ3n) is 3.70. The molecule has 0 spiro atoms. The number of pyridine rings is 1. The van der Waals surface area contributed by atoms with Crippen LogP contribution in [0.25, 0.3) is 10.8 Å². The SMILES string of the molecule is CCCN1C(=O)CC(Nc2cccc3cnccc23)C1=O. The fraction of sp³-hybridized carbons (Fsp3) is 0.312. The molecule has 5 heteroatoms. The second-order valence-corrected chi connectivity index (χ2v) is 5.19. The number of aromatic nitrogens is 1. The minimum Gasteiger partial charge on any atom is -0.373 e. The van der Waals surface area contributed by atoms with Crippen molar-refractivity contribution in [2.24, 2.45) is 0 Å². The Hall–Kier alpha value is -2.43. The van der Waals surface area contributed by atoms with Gasteiger partial charge in [0.05, 0.1) is 6.42 Å². The second-order valence-electron chi connectivity index (χ2n) is 5.19. The third-order valence-corrected chi connectivity index (χ3v) is 3.70. The number of carbonyl (C=O) groups excluding carboxylic acids is 2. The molecule has 1 aromatic carbocycles. The average molecular weight is 283 g/mol. The van der Waals surface area contributed by atoms with E-state index in [1.54, 1.807) is 12.4 Å². The molecule has 0 aliphatic carbocycles. The molecule has 3 rings (SSSR count). The van der Waals surface area contributed by atoms with Crippen molar-refractivity contribution < 1.29 is 9.59 Å². The minimum absolute atomic E-state index is 0.0961. The zero-order valence-corrected chi connectivity index (χ0v) is 11.9. The monoisotopic (exact) mass is 283 g/mol. The van der Waals surface area contributed by atoms with Crippen LogP contribution in [0.1, 0.15) is 19.8 Å². The number of nitrogens with one attached hydrogen (secondary N) is 1. The molecule has 5 nitrogen and oxygen atoms in total. The lowest BCUT2D eigenvalue weighted by Crippen LogP contribution is -2.35. The highest BCUT2D eigenvalue weighted by atomic mass is 16.2. The van der Waals surface area contributed by atoms with Gasteiger partial charge in [0, 0.05) is 35.4 Å². The summed E-state index contributed by atoms with van der Waals surface area (Å²) in [6.45, 7) is 2.45. The summed E-state index contributed by atoms with van der Waals surface area (Å²) in [5.41, 5.74) is 0.861. The maximum absolute atomic E-state index is 12.3. The number of benzene rings is 1. The summed E-state index contributed by atoms with van der Waals surface area (Å²) in [5, 5.41) is 5.22. The molecule has 0 radical (unpaired) electrons. The van der Waals surface area contributed by atoms with Crippen molar-refractivity contribution in [3.63, 3.8) is 0 Å². The molecule has 0 bridgehead atoms. The summed E-state index contributed by atoms with van der Waals surface area (Å²) in [7, 11) is 0. The van der Waals surface area contributed by atoms with Crippen LogP contribution in [0.15, 0.2) is 36.7 Å². The first-order valence-electron chi connectivity index (χ1n) is 7.14. The first-order chi connectivity index (χ1) is 10.2. The number of likely N-dealkylation sites (tertiary alicyclic amines) is 1. The molecule has 1 aliphatic rings. The summed E-state index contributed by atoms with van der Waals surface area (Å²) in [6.07, 6.45) is 4.51. The van der Waals surface area contributed by atoms with Gasteiger partial charge in [-0.05, 0) is 18.6 Å². The van der Waals surface area contributed by atoms with Gasteiger partial charge in [0.1, 0.15) is 6.04 Å². The van der Waals surface area contributed by atoms with E-state index in [-0.39, 0.29) is 18.2 Å². The number of fused-ring (bicyclic) bond motifs is 1. The van der Waals surface area contributed by atoms with Gasteiger partial charge in [-0.15, -0.1) is 0 Å². The molecule has 1 aliphatic heterocycles. The standard InChI is InChI=1S/C16H17N3O2/c1-2-8-19-15(20)9-14(16(19)21)18-13-5-3-4-11-10-17-7-6-12(11)13/h3-7,10,14,18H,2,8-9H2,1H3. The number of nitrogens with zero attached hydrogens (tertiary/aromatic N) is 2. The summed E-state index contributed by atoms with van der Waals surface area (Å²) in [5.74, 6) is -0.228. The number of hydrogen-bond donors (Lipinski definition) is 1. The molecule has 1 atom stereocenters. The van der Waals surface area contributed by atoms with Gasteiger partial charge < -0.3 is 5.32 Å². The fourth-order valence-electron chi connectivity index (χ4n) is 2.69.